The zero-order valence-electron chi connectivity index (χ0n) is 12.0. The van der Waals surface area contributed by atoms with Crippen molar-refractivity contribution in [3.8, 4) is 0 Å². The fourth-order valence-corrected chi connectivity index (χ4v) is 2.42. The molecule has 1 aromatic rings. The first-order valence-corrected chi connectivity index (χ1v) is 7.89. The van der Waals surface area contributed by atoms with Gasteiger partial charge in [-0.3, -0.25) is 0 Å². The third-order valence-electron chi connectivity index (χ3n) is 3.70. The molecule has 2 N–H and O–H groups in total. The third kappa shape index (κ3) is 5.42. The zero-order valence-corrected chi connectivity index (χ0v) is 12.8. The van der Waals surface area contributed by atoms with E-state index in [0.29, 0.717) is 30.6 Å². The Morgan fingerprint density at radius 1 is 1.30 bits per heavy atom. The molecule has 116 valence electrons. The average Bonchev–Trinajstić information content (AvgIpc) is 2.90. The highest BCUT2D eigenvalue weighted by molar-refractivity contribution is 7.98. The predicted molar refractivity (Wildman–Crippen MR) is 77.8 cm³/mol. The number of aliphatic hydroxyl groups excluding tert-OH is 1. The smallest absolute Gasteiger partial charge is 0.284 e. The number of thioether (sulfide) groups is 1. The molecule has 0 saturated carbocycles. The third-order valence-corrected chi connectivity index (χ3v) is 4.41. The highest BCUT2D eigenvalue weighted by Crippen LogP contribution is 2.25. The largest absolute Gasteiger partial charge is 0.464 e. The fourth-order valence-electron chi connectivity index (χ4n) is 1.97. The molecule has 1 aromatic heterocycles. The Morgan fingerprint density at radius 3 is 2.50 bits per heavy atom. The zero-order chi connectivity index (χ0) is 15.0. The number of aliphatic hydroxyl groups is 1. The first kappa shape index (κ1) is 17.5. The van der Waals surface area contributed by atoms with Gasteiger partial charge in [0.2, 0.25) is 0 Å². The van der Waals surface area contributed by atoms with E-state index in [0.717, 1.165) is 18.6 Å². The molecule has 0 amide bonds. The Hall–Kier alpha value is -0.590. The average molecular weight is 307 g/mol. The van der Waals surface area contributed by atoms with Gasteiger partial charge in [0, 0.05) is 18.6 Å². The second-order valence-corrected chi connectivity index (χ2v) is 5.89. The van der Waals surface area contributed by atoms with E-state index in [1.54, 1.807) is 12.1 Å². The minimum Gasteiger partial charge on any atom is -0.464 e. The van der Waals surface area contributed by atoms with Crippen molar-refractivity contribution in [2.75, 3.05) is 13.2 Å². The predicted octanol–water partition coefficient (Wildman–Crippen LogP) is 3.62. The molecule has 0 aliphatic carbocycles. The molecule has 0 unspecified atom stereocenters. The Kier molecular flexibility index (Phi) is 7.55. The van der Waals surface area contributed by atoms with Crippen LogP contribution >= 0.6 is 11.8 Å². The molecule has 0 fully saturated rings. The molecule has 6 heteroatoms. The van der Waals surface area contributed by atoms with Crippen molar-refractivity contribution in [2.45, 2.75) is 44.7 Å². The van der Waals surface area contributed by atoms with Crippen molar-refractivity contribution >= 4 is 11.8 Å². The SMILES string of the molecule is CCC(CC)(CO)CNCc1ccc(CSC(F)F)o1. The van der Waals surface area contributed by atoms with E-state index in [1.807, 2.05) is 0 Å². The van der Waals surface area contributed by atoms with Gasteiger partial charge in [0.15, 0.2) is 0 Å². The summed E-state index contributed by atoms with van der Waals surface area (Å²) in [5.41, 5.74) is -0.0963. The van der Waals surface area contributed by atoms with Crippen LogP contribution in [0.1, 0.15) is 38.2 Å². The van der Waals surface area contributed by atoms with Gasteiger partial charge in [-0.05, 0) is 25.0 Å². The van der Waals surface area contributed by atoms with E-state index >= 15 is 0 Å². The van der Waals surface area contributed by atoms with Gasteiger partial charge < -0.3 is 14.8 Å². The molecule has 0 aromatic carbocycles. The van der Waals surface area contributed by atoms with E-state index in [9.17, 15) is 13.9 Å². The molecule has 0 aliphatic heterocycles. The number of furan rings is 1. The Bertz CT molecular complexity index is 373. The van der Waals surface area contributed by atoms with Crippen LogP contribution < -0.4 is 5.32 Å². The maximum absolute atomic E-state index is 12.1. The van der Waals surface area contributed by atoms with Crippen molar-refractivity contribution in [2.24, 2.45) is 5.41 Å². The van der Waals surface area contributed by atoms with Crippen molar-refractivity contribution < 1.29 is 18.3 Å². The molecular weight excluding hydrogens is 284 g/mol. The van der Waals surface area contributed by atoms with Gasteiger partial charge in [-0.2, -0.15) is 8.78 Å². The fraction of sp³-hybridized carbons (Fsp3) is 0.714. The minimum absolute atomic E-state index is 0.0963. The van der Waals surface area contributed by atoms with Crippen molar-refractivity contribution in [1.29, 1.82) is 0 Å². The van der Waals surface area contributed by atoms with Gasteiger partial charge >= 0.3 is 0 Å². The van der Waals surface area contributed by atoms with Gasteiger partial charge in [0.05, 0.1) is 12.3 Å². The molecule has 0 bridgehead atoms. The van der Waals surface area contributed by atoms with Crippen molar-refractivity contribution in [3.05, 3.63) is 23.7 Å². The molecule has 0 saturated heterocycles. The highest BCUT2D eigenvalue weighted by Gasteiger charge is 2.24. The van der Waals surface area contributed by atoms with E-state index < -0.39 is 5.76 Å². The summed E-state index contributed by atoms with van der Waals surface area (Å²) in [6, 6.07) is 3.53. The van der Waals surface area contributed by atoms with Gasteiger partial charge in [-0.1, -0.05) is 25.6 Å². The molecular formula is C14H23F2NO2S. The second-order valence-electron chi connectivity index (χ2n) is 4.91. The summed E-state index contributed by atoms with van der Waals surface area (Å²) in [6.45, 7) is 5.53. The molecule has 0 atom stereocenters. The van der Waals surface area contributed by atoms with Crippen LogP contribution in [0.5, 0.6) is 0 Å². The number of nitrogens with one attached hydrogen (secondary N) is 1. The standard InChI is InChI=1S/C14H23F2NO2S/c1-3-14(4-2,10-18)9-17-7-11-5-6-12(19-11)8-20-13(15)16/h5-6,13,17-18H,3-4,7-10H2,1-2H3. The number of rotatable bonds is 10. The maximum atomic E-state index is 12.1. The molecule has 0 spiro atoms. The van der Waals surface area contributed by atoms with Crippen LogP contribution in [0.15, 0.2) is 16.5 Å². The number of hydrogen-bond acceptors (Lipinski definition) is 4. The molecule has 1 rings (SSSR count). The number of hydrogen-bond donors (Lipinski definition) is 2. The summed E-state index contributed by atoms with van der Waals surface area (Å²) < 4.78 is 29.6. The summed E-state index contributed by atoms with van der Waals surface area (Å²) >= 11 is 0.556. The topological polar surface area (TPSA) is 45.4 Å². The summed E-state index contributed by atoms with van der Waals surface area (Å²) in [7, 11) is 0. The minimum atomic E-state index is -2.37. The lowest BCUT2D eigenvalue weighted by molar-refractivity contribution is 0.112. The van der Waals surface area contributed by atoms with Crippen LogP contribution in [-0.4, -0.2) is 24.0 Å². The van der Waals surface area contributed by atoms with Crippen LogP contribution in [0, 0.1) is 5.41 Å². The van der Waals surface area contributed by atoms with Crippen molar-refractivity contribution in [1.82, 2.24) is 5.32 Å². The monoisotopic (exact) mass is 307 g/mol. The Morgan fingerprint density at radius 2 is 1.95 bits per heavy atom. The quantitative estimate of drug-likeness (QED) is 0.693. The van der Waals surface area contributed by atoms with Crippen LogP contribution in [-0.2, 0) is 12.3 Å². The van der Waals surface area contributed by atoms with E-state index in [4.69, 9.17) is 4.42 Å². The number of alkyl halides is 2. The van der Waals surface area contributed by atoms with Gasteiger partial charge in [0.1, 0.15) is 11.5 Å². The van der Waals surface area contributed by atoms with E-state index in [2.05, 4.69) is 19.2 Å². The first-order valence-electron chi connectivity index (χ1n) is 6.84. The van der Waals surface area contributed by atoms with Gasteiger partial charge in [0.25, 0.3) is 5.76 Å². The maximum Gasteiger partial charge on any atom is 0.284 e. The number of halogens is 2. The molecule has 20 heavy (non-hydrogen) atoms. The summed E-state index contributed by atoms with van der Waals surface area (Å²) in [4.78, 5) is 0. The van der Waals surface area contributed by atoms with E-state index in [1.165, 1.54) is 0 Å². The normalized spacial score (nSPS) is 12.3. The summed E-state index contributed by atoms with van der Waals surface area (Å²) in [5, 5.41) is 12.7. The highest BCUT2D eigenvalue weighted by atomic mass is 32.2. The lowest BCUT2D eigenvalue weighted by Gasteiger charge is -2.29. The van der Waals surface area contributed by atoms with Gasteiger partial charge in [-0.15, -0.1) is 0 Å². The Labute approximate surface area is 123 Å². The molecule has 0 radical (unpaired) electrons. The van der Waals surface area contributed by atoms with Crippen molar-refractivity contribution in [3.63, 3.8) is 0 Å². The summed E-state index contributed by atoms with van der Waals surface area (Å²) in [5.74, 6) is -0.899. The van der Waals surface area contributed by atoms with Crippen LogP contribution in [0.25, 0.3) is 0 Å². The van der Waals surface area contributed by atoms with Crippen LogP contribution in [0.2, 0.25) is 0 Å². The summed E-state index contributed by atoms with van der Waals surface area (Å²) in [6.07, 6.45) is 1.81. The first-order chi connectivity index (χ1) is 9.55. The van der Waals surface area contributed by atoms with Crippen LogP contribution in [0.3, 0.4) is 0 Å². The molecule has 0 aliphatic rings. The van der Waals surface area contributed by atoms with E-state index in [-0.39, 0.29) is 17.8 Å². The van der Waals surface area contributed by atoms with Gasteiger partial charge in [-0.25, -0.2) is 0 Å². The molecule has 1 heterocycles. The second kappa shape index (κ2) is 8.64. The van der Waals surface area contributed by atoms with Crippen LogP contribution in [0.4, 0.5) is 8.78 Å². The molecule has 3 nitrogen and oxygen atoms in total. The lowest BCUT2D eigenvalue weighted by atomic mass is 9.83. The lowest BCUT2D eigenvalue weighted by Crippen LogP contribution is -2.36. The Balaban J connectivity index is 2.38.